The number of carbonyl (C=O) groups is 1. The van der Waals surface area contributed by atoms with E-state index >= 15 is 0 Å². The van der Waals surface area contributed by atoms with Gasteiger partial charge in [0.05, 0.1) is 13.7 Å². The average Bonchev–Trinajstić information content (AvgIpc) is 3.19. The van der Waals surface area contributed by atoms with Crippen molar-refractivity contribution in [2.45, 2.75) is 33.9 Å². The van der Waals surface area contributed by atoms with Crippen molar-refractivity contribution < 1.29 is 18.7 Å². The molecule has 0 bridgehead atoms. The topological polar surface area (TPSA) is 65.4 Å². The summed E-state index contributed by atoms with van der Waals surface area (Å²) >= 11 is 0. The second-order valence-electron chi connectivity index (χ2n) is 8.46. The Morgan fingerprint density at radius 1 is 0.971 bits per heavy atom. The van der Waals surface area contributed by atoms with Gasteiger partial charge >= 0.3 is 0 Å². The number of halogens is 1. The van der Waals surface area contributed by atoms with Crippen molar-refractivity contribution in [2.75, 3.05) is 12.4 Å². The van der Waals surface area contributed by atoms with Crippen LogP contribution in [-0.2, 0) is 13.2 Å². The lowest BCUT2D eigenvalue weighted by atomic mass is 10.1. The number of rotatable bonds is 8. The zero-order valence-corrected chi connectivity index (χ0v) is 20.3. The van der Waals surface area contributed by atoms with Crippen molar-refractivity contribution in [3.05, 3.63) is 106 Å². The van der Waals surface area contributed by atoms with Gasteiger partial charge in [-0.25, -0.2) is 4.39 Å². The maximum absolute atomic E-state index is 14.0. The third-order valence-electron chi connectivity index (χ3n) is 5.77. The van der Waals surface area contributed by atoms with Gasteiger partial charge in [0.25, 0.3) is 5.91 Å². The molecule has 180 valence electrons. The normalized spacial score (nSPS) is 10.8. The van der Waals surface area contributed by atoms with Crippen LogP contribution in [0, 0.1) is 26.6 Å². The van der Waals surface area contributed by atoms with Gasteiger partial charge in [0.1, 0.15) is 23.9 Å². The predicted molar refractivity (Wildman–Crippen MR) is 134 cm³/mol. The number of methoxy groups -OCH3 is 1. The maximum Gasteiger partial charge on any atom is 0.256 e. The van der Waals surface area contributed by atoms with E-state index < -0.39 is 0 Å². The summed E-state index contributed by atoms with van der Waals surface area (Å²) in [5.41, 5.74) is 4.68. The smallest absolute Gasteiger partial charge is 0.256 e. The number of aromatic nitrogens is 2. The number of anilines is 1. The number of amides is 1. The number of aryl methyl sites for hydroxylation is 3. The summed E-state index contributed by atoms with van der Waals surface area (Å²) in [6.07, 6.45) is 0. The fraction of sp³-hybridized carbons (Fsp3) is 0.214. The minimum atomic E-state index is -0.309. The first-order valence-electron chi connectivity index (χ1n) is 11.3. The van der Waals surface area contributed by atoms with Crippen LogP contribution in [0.4, 0.5) is 10.2 Å². The van der Waals surface area contributed by atoms with E-state index in [1.165, 1.54) is 6.07 Å². The molecule has 0 aliphatic heterocycles. The van der Waals surface area contributed by atoms with Crippen LogP contribution in [0.2, 0.25) is 0 Å². The lowest BCUT2D eigenvalue weighted by Gasteiger charge is -2.14. The van der Waals surface area contributed by atoms with Gasteiger partial charge in [-0.3, -0.25) is 9.48 Å². The molecule has 1 aromatic heterocycles. The molecule has 0 unspecified atom stereocenters. The Hall–Kier alpha value is -4.13. The molecule has 0 fully saturated rings. The molecule has 1 heterocycles. The molecule has 0 saturated carbocycles. The number of carbonyl (C=O) groups excluding carboxylic acids is 1. The highest BCUT2D eigenvalue weighted by molar-refractivity contribution is 6.04. The molecular formula is C28H28FN3O3. The van der Waals surface area contributed by atoms with Gasteiger partial charge in [0.2, 0.25) is 0 Å². The second-order valence-corrected chi connectivity index (χ2v) is 8.46. The Kier molecular flexibility index (Phi) is 7.15. The highest BCUT2D eigenvalue weighted by Gasteiger charge is 2.14. The van der Waals surface area contributed by atoms with Crippen LogP contribution >= 0.6 is 0 Å². The van der Waals surface area contributed by atoms with Crippen LogP contribution in [0.25, 0.3) is 0 Å². The Morgan fingerprint density at radius 3 is 2.54 bits per heavy atom. The summed E-state index contributed by atoms with van der Waals surface area (Å²) in [4.78, 5) is 13.0. The fourth-order valence-electron chi connectivity index (χ4n) is 3.76. The van der Waals surface area contributed by atoms with E-state index in [4.69, 9.17) is 9.47 Å². The predicted octanol–water partition coefficient (Wildman–Crippen LogP) is 5.84. The molecule has 0 aliphatic rings. The molecule has 7 heteroatoms. The molecule has 1 N–H and O–H groups in total. The first kappa shape index (κ1) is 24.0. The summed E-state index contributed by atoms with van der Waals surface area (Å²) in [5, 5.41) is 7.26. The first-order chi connectivity index (χ1) is 16.8. The van der Waals surface area contributed by atoms with Crippen LogP contribution in [-0.4, -0.2) is 22.8 Å². The third-order valence-corrected chi connectivity index (χ3v) is 5.77. The van der Waals surface area contributed by atoms with Gasteiger partial charge < -0.3 is 14.8 Å². The number of ether oxygens (including phenoxy) is 2. The van der Waals surface area contributed by atoms with E-state index in [1.807, 2.05) is 39.0 Å². The van der Waals surface area contributed by atoms with Gasteiger partial charge in [-0.05, 0) is 62.2 Å². The van der Waals surface area contributed by atoms with E-state index in [1.54, 1.807) is 54.3 Å². The van der Waals surface area contributed by atoms with Crippen molar-refractivity contribution in [1.29, 1.82) is 0 Å². The number of benzene rings is 3. The third kappa shape index (κ3) is 5.69. The highest BCUT2D eigenvalue weighted by atomic mass is 19.1. The van der Waals surface area contributed by atoms with Crippen LogP contribution < -0.4 is 14.8 Å². The lowest BCUT2D eigenvalue weighted by molar-refractivity contribution is 0.102. The Morgan fingerprint density at radius 2 is 1.77 bits per heavy atom. The van der Waals surface area contributed by atoms with Gasteiger partial charge in [0.15, 0.2) is 5.82 Å². The van der Waals surface area contributed by atoms with Crippen molar-refractivity contribution in [2.24, 2.45) is 0 Å². The van der Waals surface area contributed by atoms with Gasteiger partial charge in [-0.1, -0.05) is 30.3 Å². The van der Waals surface area contributed by atoms with E-state index in [0.29, 0.717) is 22.7 Å². The molecule has 1 amide bonds. The molecule has 4 aromatic rings. The molecule has 0 atom stereocenters. The average molecular weight is 474 g/mol. The van der Waals surface area contributed by atoms with E-state index in [2.05, 4.69) is 10.4 Å². The van der Waals surface area contributed by atoms with Gasteiger partial charge in [-0.2, -0.15) is 5.10 Å². The highest BCUT2D eigenvalue weighted by Crippen LogP contribution is 2.25. The van der Waals surface area contributed by atoms with Gasteiger partial charge in [0, 0.05) is 28.5 Å². The number of nitrogens with zero attached hydrogens (tertiary/aromatic N) is 2. The first-order valence-corrected chi connectivity index (χ1v) is 11.3. The minimum absolute atomic E-state index is 0.255. The van der Waals surface area contributed by atoms with Gasteiger partial charge in [-0.15, -0.1) is 0 Å². The molecule has 4 rings (SSSR count). The van der Waals surface area contributed by atoms with Crippen LogP contribution in [0.15, 0.2) is 66.7 Å². The number of hydrogen-bond donors (Lipinski definition) is 1. The molecule has 0 spiro atoms. The van der Waals surface area contributed by atoms with Crippen LogP contribution in [0.1, 0.15) is 38.3 Å². The Labute approximate surface area is 204 Å². The molecule has 0 radical (unpaired) electrons. The Bertz CT molecular complexity index is 1360. The van der Waals surface area contributed by atoms with E-state index in [-0.39, 0.29) is 24.9 Å². The van der Waals surface area contributed by atoms with E-state index in [0.717, 1.165) is 28.1 Å². The van der Waals surface area contributed by atoms with Crippen LogP contribution in [0.3, 0.4) is 0 Å². The zero-order chi connectivity index (χ0) is 24.9. The van der Waals surface area contributed by atoms with E-state index in [9.17, 15) is 9.18 Å². The number of nitrogens with one attached hydrogen (secondary N) is 1. The molecule has 0 aliphatic carbocycles. The lowest BCUT2D eigenvalue weighted by Crippen LogP contribution is -2.14. The molecule has 0 saturated heterocycles. The summed E-state index contributed by atoms with van der Waals surface area (Å²) in [7, 11) is 1.58. The second kappa shape index (κ2) is 10.4. The van der Waals surface area contributed by atoms with Crippen LogP contribution in [0.5, 0.6) is 11.5 Å². The summed E-state index contributed by atoms with van der Waals surface area (Å²) in [5.74, 6) is 1.22. The Balaban J connectivity index is 1.49. The molecular weight excluding hydrogens is 445 g/mol. The maximum atomic E-state index is 14.0. The standard InChI is InChI=1S/C28H28FN3O3/c1-18-9-10-19(2)26(13-18)35-17-23-15-21(11-12-25(23)34-4)28(33)30-27-14-20(3)32(31-27)16-22-7-5-6-8-24(22)29/h5-15H,16-17H2,1-4H3,(H,30,31,33). The zero-order valence-electron chi connectivity index (χ0n) is 20.3. The van der Waals surface area contributed by atoms with Crippen molar-refractivity contribution in [3.8, 4) is 11.5 Å². The number of hydrogen-bond acceptors (Lipinski definition) is 4. The quantitative estimate of drug-likeness (QED) is 0.349. The van der Waals surface area contributed by atoms with Crippen molar-refractivity contribution in [3.63, 3.8) is 0 Å². The summed E-state index contributed by atoms with van der Waals surface area (Å²) in [6, 6.07) is 19.6. The fourth-order valence-corrected chi connectivity index (χ4v) is 3.76. The summed E-state index contributed by atoms with van der Waals surface area (Å²) < 4.78 is 27.2. The molecule has 6 nitrogen and oxygen atoms in total. The molecule has 35 heavy (non-hydrogen) atoms. The van der Waals surface area contributed by atoms with Crippen molar-refractivity contribution >= 4 is 11.7 Å². The minimum Gasteiger partial charge on any atom is -0.496 e. The SMILES string of the molecule is COc1ccc(C(=O)Nc2cc(C)n(Cc3ccccc3F)n2)cc1COc1cc(C)ccc1C. The largest absolute Gasteiger partial charge is 0.496 e. The van der Waals surface area contributed by atoms with Crippen molar-refractivity contribution in [1.82, 2.24) is 9.78 Å². The summed E-state index contributed by atoms with van der Waals surface area (Å²) in [6.45, 7) is 6.39. The molecule has 3 aromatic carbocycles. The monoisotopic (exact) mass is 473 g/mol.